The molecule has 0 radical (unpaired) electrons. The van der Waals surface area contributed by atoms with E-state index in [9.17, 15) is 4.79 Å². The smallest absolute Gasteiger partial charge is 0.410 e. The first-order chi connectivity index (χ1) is 11.9. The van der Waals surface area contributed by atoms with Gasteiger partial charge < -0.3 is 20.3 Å². The molecular formula is C19H31IN4O2. The number of benzene rings is 1. The van der Waals surface area contributed by atoms with Crippen LogP contribution in [0.25, 0.3) is 0 Å². The Morgan fingerprint density at radius 1 is 1.23 bits per heavy atom. The lowest BCUT2D eigenvalue weighted by molar-refractivity contribution is 0.0238. The third-order valence-electron chi connectivity index (χ3n) is 3.79. The van der Waals surface area contributed by atoms with Crippen molar-refractivity contribution < 1.29 is 9.53 Å². The third kappa shape index (κ3) is 8.25. The first-order valence-corrected chi connectivity index (χ1v) is 8.87. The highest BCUT2D eigenvalue weighted by Crippen LogP contribution is 2.27. The molecule has 1 aliphatic carbocycles. The van der Waals surface area contributed by atoms with Gasteiger partial charge in [-0.15, -0.1) is 24.0 Å². The molecule has 1 fully saturated rings. The number of hydrogen-bond acceptors (Lipinski definition) is 3. The predicted molar refractivity (Wildman–Crippen MR) is 116 cm³/mol. The lowest BCUT2D eigenvalue weighted by atomic mass is 10.2. The summed E-state index contributed by atoms with van der Waals surface area (Å²) >= 11 is 0. The van der Waals surface area contributed by atoms with Crippen LogP contribution in [0.5, 0.6) is 0 Å². The van der Waals surface area contributed by atoms with E-state index in [0.717, 1.165) is 18.8 Å². The van der Waals surface area contributed by atoms with E-state index in [4.69, 9.17) is 4.74 Å². The number of amides is 1. The zero-order chi connectivity index (χ0) is 18.3. The van der Waals surface area contributed by atoms with Crippen molar-refractivity contribution in [3.05, 3.63) is 35.9 Å². The summed E-state index contributed by atoms with van der Waals surface area (Å²) in [5.74, 6) is 0.726. The maximum absolute atomic E-state index is 12.3. The van der Waals surface area contributed by atoms with E-state index in [2.05, 4.69) is 27.8 Å². The second-order valence-corrected chi connectivity index (χ2v) is 7.24. The van der Waals surface area contributed by atoms with Gasteiger partial charge in [0.2, 0.25) is 0 Å². The molecule has 2 rings (SSSR count). The van der Waals surface area contributed by atoms with E-state index in [1.54, 1.807) is 7.05 Å². The number of hydrogen-bond donors (Lipinski definition) is 2. The van der Waals surface area contributed by atoms with Gasteiger partial charge in [0.15, 0.2) is 5.96 Å². The van der Waals surface area contributed by atoms with Crippen molar-refractivity contribution >= 4 is 36.0 Å². The van der Waals surface area contributed by atoms with Gasteiger partial charge in [-0.1, -0.05) is 30.3 Å². The molecule has 0 aliphatic heterocycles. The number of carbonyl (C=O) groups is 1. The van der Waals surface area contributed by atoms with E-state index in [-0.39, 0.29) is 30.1 Å². The fourth-order valence-corrected chi connectivity index (χ4v) is 2.43. The van der Waals surface area contributed by atoms with Crippen LogP contribution in [0.4, 0.5) is 4.79 Å². The van der Waals surface area contributed by atoms with Gasteiger partial charge in [-0.25, -0.2) is 4.79 Å². The van der Waals surface area contributed by atoms with Crippen LogP contribution < -0.4 is 10.6 Å². The van der Waals surface area contributed by atoms with Gasteiger partial charge >= 0.3 is 6.09 Å². The molecule has 1 aromatic carbocycles. The minimum Gasteiger partial charge on any atom is -0.444 e. The van der Waals surface area contributed by atoms with Crippen LogP contribution in [-0.4, -0.2) is 48.7 Å². The highest BCUT2D eigenvalue weighted by atomic mass is 127. The minimum atomic E-state index is -0.467. The summed E-state index contributed by atoms with van der Waals surface area (Å²) in [5, 5.41) is 6.54. The van der Waals surface area contributed by atoms with Crippen molar-refractivity contribution in [2.75, 3.05) is 20.1 Å². The SMILES string of the molecule is CN=C(NCCN(C(=O)OC(C)(C)C)C1CC1)NCc1ccccc1.I. The van der Waals surface area contributed by atoms with Crippen LogP contribution >= 0.6 is 24.0 Å². The first-order valence-electron chi connectivity index (χ1n) is 8.87. The van der Waals surface area contributed by atoms with Gasteiger partial charge in [0.05, 0.1) is 0 Å². The van der Waals surface area contributed by atoms with E-state index < -0.39 is 5.60 Å². The molecule has 0 aromatic heterocycles. The summed E-state index contributed by atoms with van der Waals surface area (Å²) in [4.78, 5) is 18.4. The fraction of sp³-hybridized carbons (Fsp3) is 0.579. The molecule has 1 aliphatic rings. The number of halogens is 1. The van der Waals surface area contributed by atoms with Gasteiger partial charge in [0, 0.05) is 32.7 Å². The summed E-state index contributed by atoms with van der Waals surface area (Å²) in [6.45, 7) is 7.62. The number of ether oxygens (including phenoxy) is 1. The Morgan fingerprint density at radius 3 is 2.42 bits per heavy atom. The lowest BCUT2D eigenvalue weighted by Crippen LogP contribution is -2.45. The minimum absolute atomic E-state index is 0. The van der Waals surface area contributed by atoms with Crippen molar-refractivity contribution in [2.45, 2.75) is 51.8 Å². The summed E-state index contributed by atoms with van der Waals surface area (Å²) < 4.78 is 5.50. The van der Waals surface area contributed by atoms with Gasteiger partial charge in [-0.3, -0.25) is 4.99 Å². The predicted octanol–water partition coefficient (Wildman–Crippen LogP) is 3.37. The monoisotopic (exact) mass is 474 g/mol. The van der Waals surface area contributed by atoms with Crippen molar-refractivity contribution in [2.24, 2.45) is 4.99 Å². The molecule has 0 saturated heterocycles. The summed E-state index contributed by atoms with van der Waals surface area (Å²) in [5.41, 5.74) is 0.726. The molecule has 0 spiro atoms. The van der Waals surface area contributed by atoms with Gasteiger partial charge in [0.25, 0.3) is 0 Å². The Bertz CT molecular complexity index is 583. The molecule has 1 aromatic rings. The number of nitrogens with one attached hydrogen (secondary N) is 2. The number of carbonyl (C=O) groups excluding carboxylic acids is 1. The van der Waals surface area contributed by atoms with Crippen molar-refractivity contribution in [3.8, 4) is 0 Å². The summed E-state index contributed by atoms with van der Waals surface area (Å²) in [6, 6.07) is 10.5. The zero-order valence-corrected chi connectivity index (χ0v) is 18.4. The molecule has 0 heterocycles. The maximum atomic E-state index is 12.3. The largest absolute Gasteiger partial charge is 0.444 e. The Hall–Kier alpha value is -1.51. The molecule has 0 unspecified atom stereocenters. The molecule has 1 saturated carbocycles. The van der Waals surface area contributed by atoms with E-state index in [0.29, 0.717) is 25.7 Å². The molecular weight excluding hydrogens is 443 g/mol. The second kappa shape index (κ2) is 10.6. The molecule has 0 bridgehead atoms. The number of rotatable bonds is 6. The van der Waals surface area contributed by atoms with Crippen LogP contribution in [0.1, 0.15) is 39.2 Å². The Kier molecular flexibility index (Phi) is 9.18. The average Bonchev–Trinajstić information content (AvgIpc) is 3.38. The highest BCUT2D eigenvalue weighted by molar-refractivity contribution is 14.0. The van der Waals surface area contributed by atoms with Crippen LogP contribution in [-0.2, 0) is 11.3 Å². The standard InChI is InChI=1S/C19H30N4O2.HI/c1-19(2,3)25-18(24)23(16-10-11-16)13-12-21-17(20-4)22-14-15-8-6-5-7-9-15;/h5-9,16H,10-14H2,1-4H3,(H2,20,21,22);1H. The zero-order valence-electron chi connectivity index (χ0n) is 16.1. The second-order valence-electron chi connectivity index (χ2n) is 7.24. The van der Waals surface area contributed by atoms with Crippen molar-refractivity contribution in [1.82, 2.24) is 15.5 Å². The van der Waals surface area contributed by atoms with E-state index in [1.807, 2.05) is 43.9 Å². The fourth-order valence-electron chi connectivity index (χ4n) is 2.43. The van der Waals surface area contributed by atoms with Crippen LogP contribution in [0.3, 0.4) is 0 Å². The van der Waals surface area contributed by atoms with Gasteiger partial charge in [0.1, 0.15) is 5.60 Å². The van der Waals surface area contributed by atoms with Gasteiger partial charge in [-0.2, -0.15) is 0 Å². The third-order valence-corrected chi connectivity index (χ3v) is 3.79. The van der Waals surface area contributed by atoms with E-state index >= 15 is 0 Å². The Balaban J connectivity index is 0.00000338. The molecule has 6 nitrogen and oxygen atoms in total. The Morgan fingerprint density at radius 2 is 1.88 bits per heavy atom. The average molecular weight is 474 g/mol. The Labute approximate surface area is 173 Å². The molecule has 7 heteroatoms. The lowest BCUT2D eigenvalue weighted by Gasteiger charge is -2.27. The molecule has 146 valence electrons. The van der Waals surface area contributed by atoms with Crippen LogP contribution in [0, 0.1) is 0 Å². The normalized spacial score (nSPS) is 14.2. The molecule has 1 amide bonds. The number of aliphatic imine (C=N–C) groups is 1. The summed E-state index contributed by atoms with van der Waals surface area (Å²) in [6.07, 6.45) is 1.88. The van der Waals surface area contributed by atoms with Crippen molar-refractivity contribution in [3.63, 3.8) is 0 Å². The molecule has 2 N–H and O–H groups in total. The number of guanidine groups is 1. The number of nitrogens with zero attached hydrogens (tertiary/aromatic N) is 2. The van der Waals surface area contributed by atoms with Crippen LogP contribution in [0.15, 0.2) is 35.3 Å². The van der Waals surface area contributed by atoms with Crippen LogP contribution in [0.2, 0.25) is 0 Å². The first kappa shape index (κ1) is 22.5. The molecule has 0 atom stereocenters. The quantitative estimate of drug-likeness (QED) is 0.377. The van der Waals surface area contributed by atoms with E-state index in [1.165, 1.54) is 5.56 Å². The van der Waals surface area contributed by atoms with Gasteiger partial charge in [-0.05, 0) is 39.2 Å². The van der Waals surface area contributed by atoms with Crippen molar-refractivity contribution in [1.29, 1.82) is 0 Å². The highest BCUT2D eigenvalue weighted by Gasteiger charge is 2.34. The summed E-state index contributed by atoms with van der Waals surface area (Å²) in [7, 11) is 1.74. The molecule has 26 heavy (non-hydrogen) atoms. The topological polar surface area (TPSA) is 66.0 Å². The maximum Gasteiger partial charge on any atom is 0.410 e.